The summed E-state index contributed by atoms with van der Waals surface area (Å²) in [4.78, 5) is 17.2. The van der Waals surface area contributed by atoms with Gasteiger partial charge in [0.2, 0.25) is 5.89 Å². The Labute approximate surface area is 181 Å². The third kappa shape index (κ3) is 3.77. The number of hydrogen-bond acceptors (Lipinski definition) is 3. The molecule has 4 rings (SSSR count). The number of hydrogen-bond donors (Lipinski definition) is 1. The summed E-state index contributed by atoms with van der Waals surface area (Å²) in [5, 5.41) is 3.51. The van der Waals surface area contributed by atoms with Gasteiger partial charge < -0.3 is 9.73 Å². The lowest BCUT2D eigenvalue weighted by Crippen LogP contribution is -2.13. The second kappa shape index (κ2) is 7.56. The number of aromatic nitrogens is 1. The first-order valence-electron chi connectivity index (χ1n) is 8.65. The van der Waals surface area contributed by atoms with Crippen molar-refractivity contribution in [2.24, 2.45) is 0 Å². The highest BCUT2D eigenvalue weighted by Gasteiger charge is 2.14. The van der Waals surface area contributed by atoms with Gasteiger partial charge in [0.05, 0.1) is 10.6 Å². The van der Waals surface area contributed by atoms with Crippen LogP contribution in [0.4, 0.5) is 5.69 Å². The van der Waals surface area contributed by atoms with E-state index in [1.165, 1.54) is 0 Å². The Bertz CT molecular complexity index is 1220. The summed E-state index contributed by atoms with van der Waals surface area (Å²) >= 11 is 8.51. The van der Waals surface area contributed by atoms with Crippen molar-refractivity contribution in [1.29, 1.82) is 0 Å². The molecular weight excluding hydrogens is 487 g/mol. The number of benzene rings is 3. The monoisotopic (exact) mass is 502 g/mol. The maximum absolute atomic E-state index is 12.6. The molecule has 0 aliphatic heterocycles. The van der Waals surface area contributed by atoms with Crippen LogP contribution in [0.5, 0.6) is 0 Å². The molecule has 1 amide bonds. The highest BCUT2D eigenvalue weighted by Crippen LogP contribution is 2.32. The van der Waals surface area contributed by atoms with Gasteiger partial charge in [0.1, 0.15) is 5.52 Å². The van der Waals surface area contributed by atoms with Crippen LogP contribution in [0.25, 0.3) is 22.6 Å². The Hall–Kier alpha value is -2.38. The number of carbonyl (C=O) groups excluding carboxylic acids is 1. The van der Waals surface area contributed by atoms with E-state index in [1.807, 2.05) is 50.2 Å². The number of fused-ring (bicyclic) bond motifs is 1. The molecule has 0 saturated heterocycles. The van der Waals surface area contributed by atoms with Gasteiger partial charge >= 0.3 is 0 Å². The third-order valence-corrected chi connectivity index (χ3v) is 5.43. The zero-order valence-electron chi connectivity index (χ0n) is 15.2. The fourth-order valence-corrected chi connectivity index (χ4v) is 3.74. The summed E-state index contributed by atoms with van der Waals surface area (Å²) in [6, 6.07) is 16.8. The van der Waals surface area contributed by atoms with Gasteiger partial charge in [-0.2, -0.15) is 0 Å². The van der Waals surface area contributed by atoms with Crippen LogP contribution in [0.15, 0.2) is 59.0 Å². The Morgan fingerprint density at radius 2 is 1.89 bits per heavy atom. The van der Waals surface area contributed by atoms with Crippen molar-refractivity contribution in [1.82, 2.24) is 4.98 Å². The number of oxazole rings is 1. The van der Waals surface area contributed by atoms with Crippen molar-refractivity contribution >= 4 is 56.9 Å². The Morgan fingerprint density at radius 3 is 2.68 bits per heavy atom. The fraction of sp³-hybridized carbons (Fsp3) is 0.0909. The predicted molar refractivity (Wildman–Crippen MR) is 121 cm³/mol. The van der Waals surface area contributed by atoms with E-state index in [1.54, 1.807) is 18.2 Å². The summed E-state index contributed by atoms with van der Waals surface area (Å²) in [6.45, 7) is 3.94. The maximum atomic E-state index is 12.6. The fourth-order valence-electron chi connectivity index (χ4n) is 3.05. The molecule has 0 spiro atoms. The van der Waals surface area contributed by atoms with Gasteiger partial charge in [-0.25, -0.2) is 4.98 Å². The maximum Gasteiger partial charge on any atom is 0.255 e. The zero-order chi connectivity index (χ0) is 19.8. The molecule has 0 radical (unpaired) electrons. The molecule has 0 atom stereocenters. The largest absolute Gasteiger partial charge is 0.436 e. The van der Waals surface area contributed by atoms with Crippen LogP contribution in [0.2, 0.25) is 5.02 Å². The van der Waals surface area contributed by atoms with Gasteiger partial charge in [0, 0.05) is 14.8 Å². The van der Waals surface area contributed by atoms with E-state index in [9.17, 15) is 4.79 Å². The van der Waals surface area contributed by atoms with Gasteiger partial charge in [-0.15, -0.1) is 0 Å². The van der Waals surface area contributed by atoms with Crippen molar-refractivity contribution in [3.63, 3.8) is 0 Å². The van der Waals surface area contributed by atoms with Crippen molar-refractivity contribution in [2.45, 2.75) is 13.8 Å². The predicted octanol–water partition coefficient (Wildman–Crippen LogP) is 6.62. The molecule has 140 valence electrons. The van der Waals surface area contributed by atoms with Crippen LogP contribution in [0.3, 0.4) is 0 Å². The average molecular weight is 503 g/mol. The van der Waals surface area contributed by atoms with Crippen LogP contribution in [-0.2, 0) is 0 Å². The van der Waals surface area contributed by atoms with Gasteiger partial charge in [-0.05, 0) is 84.5 Å². The van der Waals surface area contributed by atoms with Crippen LogP contribution in [-0.4, -0.2) is 10.9 Å². The lowest BCUT2D eigenvalue weighted by atomic mass is 10.1. The minimum absolute atomic E-state index is 0.152. The lowest BCUT2D eigenvalue weighted by molar-refractivity contribution is 0.102. The lowest BCUT2D eigenvalue weighted by Gasteiger charge is -2.08. The Balaban J connectivity index is 1.65. The summed E-state index contributed by atoms with van der Waals surface area (Å²) < 4.78 is 6.90. The topological polar surface area (TPSA) is 55.1 Å². The molecule has 0 saturated carbocycles. The minimum Gasteiger partial charge on any atom is -0.436 e. The van der Waals surface area contributed by atoms with Gasteiger partial charge in [-0.3, -0.25) is 4.79 Å². The van der Waals surface area contributed by atoms with E-state index in [4.69, 9.17) is 16.0 Å². The zero-order valence-corrected chi connectivity index (χ0v) is 18.1. The van der Waals surface area contributed by atoms with Crippen LogP contribution >= 0.6 is 34.2 Å². The molecule has 1 heterocycles. The summed E-state index contributed by atoms with van der Waals surface area (Å²) in [7, 11) is 0. The first-order chi connectivity index (χ1) is 13.4. The molecule has 4 nitrogen and oxygen atoms in total. The number of aryl methyl sites for hydroxylation is 2. The van der Waals surface area contributed by atoms with Gasteiger partial charge in [0.25, 0.3) is 5.91 Å². The Morgan fingerprint density at radius 1 is 1.07 bits per heavy atom. The quantitative estimate of drug-likeness (QED) is 0.320. The molecular formula is C22H16ClIN2O2. The molecule has 0 fully saturated rings. The van der Waals surface area contributed by atoms with Crippen molar-refractivity contribution in [3.05, 3.63) is 79.9 Å². The third-order valence-electron chi connectivity index (χ3n) is 4.43. The number of nitrogens with zero attached hydrogens (tertiary/aromatic N) is 1. The van der Waals surface area contributed by atoms with E-state index >= 15 is 0 Å². The molecule has 4 aromatic rings. The highest BCUT2D eigenvalue weighted by molar-refractivity contribution is 14.1. The minimum atomic E-state index is -0.152. The molecule has 1 aromatic heterocycles. The molecule has 1 N–H and O–H groups in total. The first kappa shape index (κ1) is 19.0. The summed E-state index contributed by atoms with van der Waals surface area (Å²) in [5.41, 5.74) is 5.40. The van der Waals surface area contributed by atoms with E-state index in [2.05, 4.69) is 32.9 Å². The van der Waals surface area contributed by atoms with E-state index < -0.39 is 0 Å². The van der Waals surface area contributed by atoms with Crippen molar-refractivity contribution in [3.8, 4) is 11.5 Å². The number of carbonyl (C=O) groups is 1. The molecule has 0 aliphatic carbocycles. The summed E-state index contributed by atoms with van der Waals surface area (Å²) in [6.07, 6.45) is 0. The van der Waals surface area contributed by atoms with Crippen molar-refractivity contribution in [2.75, 3.05) is 5.32 Å². The van der Waals surface area contributed by atoms with Gasteiger partial charge in [0.15, 0.2) is 5.58 Å². The standard InChI is InChI=1S/C22H16ClIN2O2/c1-12-3-6-16(13(2)9-12)21(27)25-15-5-8-20-19(11-15)26-22(28-20)17-10-14(24)4-7-18(17)23/h3-11H,1-2H3,(H,25,27). The molecule has 6 heteroatoms. The number of rotatable bonds is 3. The van der Waals surface area contributed by atoms with E-state index in [0.717, 1.165) is 20.3 Å². The van der Waals surface area contributed by atoms with Crippen LogP contribution < -0.4 is 5.32 Å². The summed E-state index contributed by atoms with van der Waals surface area (Å²) in [5.74, 6) is 0.303. The normalized spacial score (nSPS) is 11.0. The van der Waals surface area contributed by atoms with E-state index in [0.29, 0.717) is 33.3 Å². The molecule has 0 aliphatic rings. The number of amides is 1. The Kier molecular flexibility index (Phi) is 5.12. The first-order valence-corrected chi connectivity index (χ1v) is 10.1. The van der Waals surface area contributed by atoms with Crippen molar-refractivity contribution < 1.29 is 9.21 Å². The molecule has 0 bridgehead atoms. The second-order valence-electron chi connectivity index (χ2n) is 6.60. The number of nitrogens with one attached hydrogen (secondary N) is 1. The van der Waals surface area contributed by atoms with Gasteiger partial charge in [-0.1, -0.05) is 29.3 Å². The average Bonchev–Trinajstić information content (AvgIpc) is 3.06. The number of halogens is 2. The van der Waals surface area contributed by atoms with E-state index in [-0.39, 0.29) is 5.91 Å². The number of anilines is 1. The smallest absolute Gasteiger partial charge is 0.255 e. The van der Waals surface area contributed by atoms with Crippen LogP contribution in [0.1, 0.15) is 21.5 Å². The molecule has 3 aromatic carbocycles. The highest BCUT2D eigenvalue weighted by atomic mass is 127. The SMILES string of the molecule is Cc1ccc(C(=O)Nc2ccc3oc(-c4cc(I)ccc4Cl)nc3c2)c(C)c1. The molecule has 0 unspecified atom stereocenters. The van der Waals surface area contributed by atoms with Crippen LogP contribution in [0, 0.1) is 17.4 Å². The second-order valence-corrected chi connectivity index (χ2v) is 8.25. The molecule has 28 heavy (non-hydrogen) atoms.